The fraction of sp³-hybridized carbons (Fsp3) is 0.400. The molecule has 100 valence electrons. The lowest BCUT2D eigenvalue weighted by Crippen LogP contribution is -2.33. The molecule has 1 aliphatic carbocycles. The molecule has 0 radical (unpaired) electrons. The zero-order valence-corrected chi connectivity index (χ0v) is 10.6. The first-order valence-corrected chi connectivity index (χ1v) is 6.61. The molecular weight excluding hydrogens is 242 g/mol. The van der Waals surface area contributed by atoms with E-state index in [1.54, 1.807) is 0 Å². The maximum Gasteiger partial charge on any atom is 0.306 e. The van der Waals surface area contributed by atoms with E-state index in [9.17, 15) is 9.90 Å². The highest BCUT2D eigenvalue weighted by Crippen LogP contribution is 2.40. The van der Waals surface area contributed by atoms with Crippen molar-refractivity contribution in [1.82, 2.24) is 4.98 Å². The number of nitrogens with one attached hydrogen (secondary N) is 1. The largest absolute Gasteiger partial charge is 0.481 e. The predicted octanol–water partition coefficient (Wildman–Crippen LogP) is 2.63. The van der Waals surface area contributed by atoms with E-state index in [1.807, 2.05) is 30.5 Å². The minimum absolute atomic E-state index is 0.309. The summed E-state index contributed by atoms with van der Waals surface area (Å²) in [5, 5.41) is 20.8. The average molecular weight is 259 g/mol. The van der Waals surface area contributed by atoms with Gasteiger partial charge in [-0.3, -0.25) is 4.79 Å². The quantitative estimate of drug-likeness (QED) is 0.776. The van der Waals surface area contributed by atoms with Crippen LogP contribution in [-0.4, -0.2) is 21.2 Å². The van der Waals surface area contributed by atoms with E-state index in [1.165, 1.54) is 0 Å². The second-order valence-corrected chi connectivity index (χ2v) is 5.42. The van der Waals surface area contributed by atoms with Crippen LogP contribution in [0.25, 0.3) is 10.9 Å². The number of carboxylic acids is 1. The third kappa shape index (κ3) is 2.12. The van der Waals surface area contributed by atoms with E-state index < -0.39 is 11.6 Å². The molecule has 1 aromatic heterocycles. The summed E-state index contributed by atoms with van der Waals surface area (Å²) in [7, 11) is 0. The summed E-state index contributed by atoms with van der Waals surface area (Å²) in [6.45, 7) is 0. The SMILES string of the molecule is O=C(O)C1CCC(O)(c2ccc3[nH]ccc3c2)CC1. The van der Waals surface area contributed by atoms with Gasteiger partial charge in [0, 0.05) is 11.7 Å². The Morgan fingerprint density at radius 3 is 2.68 bits per heavy atom. The van der Waals surface area contributed by atoms with Gasteiger partial charge in [0.1, 0.15) is 0 Å². The number of aromatic amines is 1. The van der Waals surface area contributed by atoms with Crippen LogP contribution >= 0.6 is 0 Å². The van der Waals surface area contributed by atoms with E-state index >= 15 is 0 Å². The topological polar surface area (TPSA) is 73.3 Å². The fourth-order valence-electron chi connectivity index (χ4n) is 2.97. The van der Waals surface area contributed by atoms with Crippen molar-refractivity contribution in [2.45, 2.75) is 31.3 Å². The van der Waals surface area contributed by atoms with E-state index in [2.05, 4.69) is 4.98 Å². The molecule has 3 N–H and O–H groups in total. The Kier molecular flexibility index (Phi) is 2.82. The molecule has 0 bridgehead atoms. The van der Waals surface area contributed by atoms with Gasteiger partial charge in [-0.15, -0.1) is 0 Å². The number of carboxylic acid groups (broad SMARTS) is 1. The van der Waals surface area contributed by atoms with Crippen LogP contribution in [-0.2, 0) is 10.4 Å². The first-order chi connectivity index (χ1) is 9.08. The van der Waals surface area contributed by atoms with Crippen LogP contribution in [0.3, 0.4) is 0 Å². The molecule has 4 nitrogen and oxygen atoms in total. The number of fused-ring (bicyclic) bond motifs is 1. The van der Waals surface area contributed by atoms with Gasteiger partial charge in [-0.25, -0.2) is 0 Å². The highest BCUT2D eigenvalue weighted by Gasteiger charge is 2.37. The Labute approximate surface area is 111 Å². The molecule has 0 spiro atoms. The highest BCUT2D eigenvalue weighted by molar-refractivity contribution is 5.80. The fourth-order valence-corrected chi connectivity index (χ4v) is 2.97. The number of aliphatic carboxylic acids is 1. The van der Waals surface area contributed by atoms with Gasteiger partial charge in [0.25, 0.3) is 0 Å². The van der Waals surface area contributed by atoms with Crippen molar-refractivity contribution < 1.29 is 15.0 Å². The lowest BCUT2D eigenvalue weighted by molar-refractivity contribution is -0.145. The highest BCUT2D eigenvalue weighted by atomic mass is 16.4. The van der Waals surface area contributed by atoms with Crippen LogP contribution in [0, 0.1) is 5.92 Å². The lowest BCUT2D eigenvalue weighted by Gasteiger charge is -2.35. The number of H-pyrrole nitrogens is 1. The monoisotopic (exact) mass is 259 g/mol. The summed E-state index contributed by atoms with van der Waals surface area (Å²) in [5.74, 6) is -1.06. The average Bonchev–Trinajstić information content (AvgIpc) is 2.86. The second kappa shape index (κ2) is 4.38. The molecule has 1 aromatic carbocycles. The molecule has 0 atom stereocenters. The van der Waals surface area contributed by atoms with Crippen molar-refractivity contribution in [2.24, 2.45) is 5.92 Å². The first kappa shape index (κ1) is 12.2. The summed E-state index contributed by atoms with van der Waals surface area (Å²) in [6.07, 6.45) is 3.98. The van der Waals surface area contributed by atoms with Crippen LogP contribution in [0.5, 0.6) is 0 Å². The molecule has 4 heteroatoms. The number of hydrogen-bond acceptors (Lipinski definition) is 2. The lowest BCUT2D eigenvalue weighted by atomic mass is 9.75. The van der Waals surface area contributed by atoms with E-state index in [0.29, 0.717) is 25.7 Å². The molecule has 1 heterocycles. The van der Waals surface area contributed by atoms with Crippen molar-refractivity contribution in [3.63, 3.8) is 0 Å². The second-order valence-electron chi connectivity index (χ2n) is 5.42. The van der Waals surface area contributed by atoms with Crippen molar-refractivity contribution >= 4 is 16.9 Å². The number of benzene rings is 1. The van der Waals surface area contributed by atoms with Gasteiger partial charge in [0.15, 0.2) is 0 Å². The van der Waals surface area contributed by atoms with Crippen molar-refractivity contribution in [3.8, 4) is 0 Å². The van der Waals surface area contributed by atoms with Crippen molar-refractivity contribution in [3.05, 3.63) is 36.0 Å². The molecule has 0 unspecified atom stereocenters. The molecule has 1 saturated carbocycles. The predicted molar refractivity (Wildman–Crippen MR) is 71.8 cm³/mol. The zero-order valence-electron chi connectivity index (χ0n) is 10.6. The Hall–Kier alpha value is -1.81. The Morgan fingerprint density at radius 2 is 2.00 bits per heavy atom. The van der Waals surface area contributed by atoms with Gasteiger partial charge in [-0.05, 0) is 54.8 Å². The Balaban J connectivity index is 1.86. The number of aliphatic hydroxyl groups is 1. The molecule has 0 saturated heterocycles. The summed E-state index contributed by atoms with van der Waals surface area (Å²) < 4.78 is 0. The van der Waals surface area contributed by atoms with Gasteiger partial charge in [-0.2, -0.15) is 0 Å². The normalized spacial score (nSPS) is 27.5. The summed E-state index contributed by atoms with van der Waals surface area (Å²) in [5.41, 5.74) is 1.06. The van der Waals surface area contributed by atoms with Crippen molar-refractivity contribution in [1.29, 1.82) is 0 Å². The number of aromatic nitrogens is 1. The van der Waals surface area contributed by atoms with Crippen LogP contribution in [0.1, 0.15) is 31.2 Å². The summed E-state index contributed by atoms with van der Waals surface area (Å²) in [6, 6.07) is 7.86. The molecule has 3 rings (SSSR count). The molecule has 0 amide bonds. The number of rotatable bonds is 2. The zero-order chi connectivity index (χ0) is 13.5. The smallest absolute Gasteiger partial charge is 0.306 e. The minimum atomic E-state index is -0.878. The summed E-state index contributed by atoms with van der Waals surface area (Å²) >= 11 is 0. The summed E-state index contributed by atoms with van der Waals surface area (Å²) in [4.78, 5) is 14.1. The Bertz CT molecular complexity index is 609. The van der Waals surface area contributed by atoms with Gasteiger partial charge in [0.05, 0.1) is 11.5 Å². The Morgan fingerprint density at radius 1 is 1.26 bits per heavy atom. The molecule has 1 fully saturated rings. The number of carbonyl (C=O) groups is 1. The van der Waals surface area contributed by atoms with E-state index in [0.717, 1.165) is 16.5 Å². The van der Waals surface area contributed by atoms with Crippen LogP contribution < -0.4 is 0 Å². The molecule has 2 aromatic rings. The van der Waals surface area contributed by atoms with Crippen LogP contribution in [0.15, 0.2) is 30.5 Å². The van der Waals surface area contributed by atoms with Crippen LogP contribution in [0.4, 0.5) is 0 Å². The molecule has 19 heavy (non-hydrogen) atoms. The first-order valence-electron chi connectivity index (χ1n) is 6.61. The standard InChI is InChI=1S/C15H17NO3/c17-14(18)10-3-6-15(19,7-4-10)12-1-2-13-11(9-12)5-8-16-13/h1-2,5,8-10,16,19H,3-4,6-7H2,(H,17,18). The van der Waals surface area contributed by atoms with E-state index in [-0.39, 0.29) is 5.92 Å². The third-order valence-corrected chi connectivity index (χ3v) is 4.25. The molecule has 1 aliphatic rings. The molecular formula is C15H17NO3. The van der Waals surface area contributed by atoms with E-state index in [4.69, 9.17) is 5.11 Å². The minimum Gasteiger partial charge on any atom is -0.481 e. The van der Waals surface area contributed by atoms with Gasteiger partial charge in [0.2, 0.25) is 0 Å². The van der Waals surface area contributed by atoms with Gasteiger partial charge < -0.3 is 15.2 Å². The van der Waals surface area contributed by atoms with Crippen LogP contribution in [0.2, 0.25) is 0 Å². The van der Waals surface area contributed by atoms with Crippen molar-refractivity contribution in [2.75, 3.05) is 0 Å². The maximum absolute atomic E-state index is 11.0. The van der Waals surface area contributed by atoms with Gasteiger partial charge >= 0.3 is 5.97 Å². The maximum atomic E-state index is 11.0. The molecule has 0 aliphatic heterocycles. The number of hydrogen-bond donors (Lipinski definition) is 3. The van der Waals surface area contributed by atoms with Gasteiger partial charge in [-0.1, -0.05) is 6.07 Å². The third-order valence-electron chi connectivity index (χ3n) is 4.25.